The first-order valence-electron chi connectivity index (χ1n) is 12.7. The molecule has 1 saturated heterocycles. The van der Waals surface area contributed by atoms with Gasteiger partial charge in [-0.2, -0.15) is 5.06 Å². The van der Waals surface area contributed by atoms with Crippen LogP contribution in [-0.4, -0.2) is 35.2 Å². The van der Waals surface area contributed by atoms with Gasteiger partial charge in [-0.15, -0.1) is 0 Å². The first-order chi connectivity index (χ1) is 18.6. The molecule has 6 heteroatoms. The van der Waals surface area contributed by atoms with Crippen LogP contribution >= 0.6 is 0 Å². The zero-order chi connectivity index (χ0) is 26.5. The van der Waals surface area contributed by atoms with E-state index in [1.54, 1.807) is 12.1 Å². The van der Waals surface area contributed by atoms with E-state index in [1.165, 1.54) is 5.06 Å². The van der Waals surface area contributed by atoms with E-state index in [0.29, 0.717) is 13.2 Å². The van der Waals surface area contributed by atoms with Gasteiger partial charge in [0.15, 0.2) is 5.75 Å². The molecule has 1 N–H and O–H groups in total. The van der Waals surface area contributed by atoms with E-state index in [9.17, 15) is 14.7 Å². The fourth-order valence-electron chi connectivity index (χ4n) is 4.95. The number of carbonyl (C=O) groups excluding carboxylic acids is 1. The molecular weight excluding hydrogens is 478 g/mol. The van der Waals surface area contributed by atoms with Gasteiger partial charge in [0, 0.05) is 12.5 Å². The number of ether oxygens (including phenoxy) is 1. The lowest BCUT2D eigenvalue weighted by Crippen LogP contribution is -2.56. The van der Waals surface area contributed by atoms with Crippen molar-refractivity contribution in [1.82, 2.24) is 5.06 Å². The number of amides is 1. The van der Waals surface area contributed by atoms with Crippen LogP contribution in [-0.2, 0) is 9.53 Å². The summed E-state index contributed by atoms with van der Waals surface area (Å²) in [7, 11) is 0. The summed E-state index contributed by atoms with van der Waals surface area (Å²) in [6, 6.07) is 34.7. The predicted molar refractivity (Wildman–Crippen MR) is 144 cm³/mol. The molecule has 5 rings (SSSR count). The Balaban J connectivity index is 1.40. The van der Waals surface area contributed by atoms with E-state index in [1.807, 2.05) is 104 Å². The normalized spacial score (nSPS) is 15.7. The smallest absolute Gasteiger partial charge is 0.339 e. The topological polar surface area (TPSA) is 76.1 Å². The second-order valence-electron chi connectivity index (χ2n) is 9.20. The number of β-lactam (4-membered cyclic amide) rings is 1. The van der Waals surface area contributed by atoms with Gasteiger partial charge in [-0.3, -0.25) is 4.79 Å². The Labute approximate surface area is 222 Å². The van der Waals surface area contributed by atoms with Crippen LogP contribution in [0.25, 0.3) is 0 Å². The minimum atomic E-state index is -1.12. The quantitative estimate of drug-likeness (QED) is 0.208. The van der Waals surface area contributed by atoms with E-state index in [4.69, 9.17) is 9.57 Å². The number of benzene rings is 4. The number of carboxylic acid groups (broad SMARTS) is 1. The molecule has 1 heterocycles. The molecule has 0 bridgehead atoms. The van der Waals surface area contributed by atoms with Crippen molar-refractivity contribution in [2.75, 3.05) is 13.2 Å². The summed E-state index contributed by atoms with van der Waals surface area (Å²) in [5.41, 5.74) is 3.84. The zero-order valence-corrected chi connectivity index (χ0v) is 21.1. The first kappa shape index (κ1) is 25.2. The van der Waals surface area contributed by atoms with Gasteiger partial charge in [0.2, 0.25) is 0 Å². The lowest BCUT2D eigenvalue weighted by molar-refractivity contribution is -0.198. The van der Waals surface area contributed by atoms with E-state index in [0.717, 1.165) is 22.3 Å². The Bertz CT molecular complexity index is 1350. The number of hydrogen-bond donors (Lipinski definition) is 1. The van der Waals surface area contributed by atoms with Gasteiger partial charge in [0.1, 0.15) is 5.56 Å². The number of carboxylic acids is 1. The van der Waals surface area contributed by atoms with Crippen molar-refractivity contribution in [2.24, 2.45) is 5.92 Å². The molecule has 2 atom stereocenters. The fourth-order valence-corrected chi connectivity index (χ4v) is 4.95. The van der Waals surface area contributed by atoms with Crippen LogP contribution in [0.2, 0.25) is 0 Å². The van der Waals surface area contributed by atoms with Crippen molar-refractivity contribution in [3.63, 3.8) is 0 Å². The first-order valence-corrected chi connectivity index (χ1v) is 12.7. The van der Waals surface area contributed by atoms with Crippen LogP contribution in [0.3, 0.4) is 0 Å². The van der Waals surface area contributed by atoms with Crippen molar-refractivity contribution < 1.29 is 24.3 Å². The molecule has 1 fully saturated rings. The molecule has 38 heavy (non-hydrogen) atoms. The molecule has 4 aromatic rings. The Kier molecular flexibility index (Phi) is 7.52. The molecule has 0 saturated carbocycles. The summed E-state index contributed by atoms with van der Waals surface area (Å²) in [6.45, 7) is 2.67. The van der Waals surface area contributed by atoms with Gasteiger partial charge in [0.25, 0.3) is 5.91 Å². The maximum absolute atomic E-state index is 13.1. The number of hydrogen-bond acceptors (Lipinski definition) is 4. The van der Waals surface area contributed by atoms with Crippen LogP contribution in [0.15, 0.2) is 109 Å². The second kappa shape index (κ2) is 11.3. The second-order valence-corrected chi connectivity index (χ2v) is 9.20. The Hall–Kier alpha value is -4.42. The van der Waals surface area contributed by atoms with Crippen LogP contribution in [0.5, 0.6) is 5.75 Å². The molecule has 0 radical (unpaired) electrons. The molecule has 1 unspecified atom stereocenters. The summed E-state index contributed by atoms with van der Waals surface area (Å²) >= 11 is 0. The monoisotopic (exact) mass is 507 g/mol. The third-order valence-electron chi connectivity index (χ3n) is 6.81. The standard InChI is InChI=1S/C32H29NO5/c1-2-37-30(24-16-10-5-11-17-24)27-21-33(31(27)34)38-28-19-18-25(20-26(28)32(35)36)29(22-12-6-3-7-13-22)23-14-8-4-9-15-23/h3-20,27,29-30H,2,21H2,1H3,(H,35,36)/t27-,30?/m0/s1. The van der Waals surface area contributed by atoms with Gasteiger partial charge in [-0.05, 0) is 41.3 Å². The fraction of sp³-hybridized carbons (Fsp3) is 0.188. The number of hydroxylamine groups is 2. The summed E-state index contributed by atoms with van der Waals surface area (Å²) in [6.07, 6.45) is -0.382. The largest absolute Gasteiger partial charge is 0.478 e. The average Bonchev–Trinajstić information content (AvgIpc) is 2.96. The van der Waals surface area contributed by atoms with Crippen LogP contribution < -0.4 is 4.84 Å². The maximum atomic E-state index is 13.1. The Morgan fingerprint density at radius 1 is 0.842 bits per heavy atom. The van der Waals surface area contributed by atoms with E-state index in [2.05, 4.69) is 0 Å². The van der Waals surface area contributed by atoms with Crippen molar-refractivity contribution in [2.45, 2.75) is 18.9 Å². The van der Waals surface area contributed by atoms with Crippen molar-refractivity contribution in [1.29, 1.82) is 0 Å². The highest BCUT2D eigenvalue weighted by Crippen LogP contribution is 2.37. The highest BCUT2D eigenvalue weighted by Gasteiger charge is 2.45. The molecule has 1 aliphatic rings. The van der Waals surface area contributed by atoms with Crippen molar-refractivity contribution in [3.05, 3.63) is 137 Å². The summed E-state index contributed by atoms with van der Waals surface area (Å²) in [4.78, 5) is 31.2. The third-order valence-corrected chi connectivity index (χ3v) is 6.81. The number of rotatable bonds is 10. The molecule has 4 aromatic carbocycles. The van der Waals surface area contributed by atoms with Gasteiger partial charge in [-0.25, -0.2) is 4.79 Å². The van der Waals surface area contributed by atoms with Crippen molar-refractivity contribution >= 4 is 11.9 Å². The molecule has 0 aromatic heterocycles. The molecular formula is C32H29NO5. The number of carbonyl (C=O) groups is 2. The van der Waals surface area contributed by atoms with E-state index in [-0.39, 0.29) is 29.2 Å². The maximum Gasteiger partial charge on any atom is 0.339 e. The molecule has 1 aliphatic heterocycles. The molecule has 6 nitrogen and oxygen atoms in total. The highest BCUT2D eigenvalue weighted by molar-refractivity contribution is 5.91. The average molecular weight is 508 g/mol. The van der Waals surface area contributed by atoms with Gasteiger partial charge >= 0.3 is 5.97 Å². The number of aromatic carboxylic acids is 1. The van der Waals surface area contributed by atoms with Crippen LogP contribution in [0.4, 0.5) is 0 Å². The molecule has 192 valence electrons. The Morgan fingerprint density at radius 3 is 1.89 bits per heavy atom. The summed E-state index contributed by atoms with van der Waals surface area (Å²) < 4.78 is 5.89. The minimum Gasteiger partial charge on any atom is -0.478 e. The lowest BCUT2D eigenvalue weighted by atomic mass is 9.84. The van der Waals surface area contributed by atoms with Crippen LogP contribution in [0.1, 0.15) is 51.6 Å². The zero-order valence-electron chi connectivity index (χ0n) is 21.1. The van der Waals surface area contributed by atoms with E-state index < -0.39 is 11.9 Å². The third kappa shape index (κ3) is 5.17. The van der Waals surface area contributed by atoms with Gasteiger partial charge < -0.3 is 14.7 Å². The number of nitrogens with zero attached hydrogens (tertiary/aromatic N) is 1. The van der Waals surface area contributed by atoms with Gasteiger partial charge in [0.05, 0.1) is 18.6 Å². The summed E-state index contributed by atoms with van der Waals surface area (Å²) in [5.74, 6) is -1.79. The molecule has 0 spiro atoms. The minimum absolute atomic E-state index is 0.0000276. The van der Waals surface area contributed by atoms with E-state index >= 15 is 0 Å². The molecule has 0 aliphatic carbocycles. The van der Waals surface area contributed by atoms with Crippen LogP contribution in [0, 0.1) is 5.92 Å². The Morgan fingerprint density at radius 2 is 1.39 bits per heavy atom. The van der Waals surface area contributed by atoms with Gasteiger partial charge in [-0.1, -0.05) is 97.1 Å². The summed E-state index contributed by atoms with van der Waals surface area (Å²) in [5, 5.41) is 11.3. The van der Waals surface area contributed by atoms with Crippen molar-refractivity contribution in [3.8, 4) is 5.75 Å². The lowest BCUT2D eigenvalue weighted by Gasteiger charge is -2.40. The predicted octanol–water partition coefficient (Wildman–Crippen LogP) is 6.10. The highest BCUT2D eigenvalue weighted by atomic mass is 16.7. The SMILES string of the molecule is CCOC(c1ccccc1)[C@@H]1CN(Oc2ccc(C(c3ccccc3)c3ccccc3)cc2C(=O)O)C1=O. The molecule has 1 amide bonds.